The molecule has 0 aromatic heterocycles. The molecule has 0 bridgehead atoms. The monoisotopic (exact) mass is 304 g/mol. The summed E-state index contributed by atoms with van der Waals surface area (Å²) >= 11 is 0. The zero-order chi connectivity index (χ0) is 15.7. The highest BCUT2D eigenvalue weighted by Gasteiger charge is 2.43. The molecule has 1 saturated carbocycles. The van der Waals surface area contributed by atoms with Crippen LogP contribution in [-0.2, 0) is 9.59 Å². The standard InChI is InChI=1S/C16H24N4O2/c1-18-10-14(11-18)20-9-12(8-15(20)21)16(22)19(7-6-17)13-4-2-3-5-13/h12-14H,2-5,7-11H2,1H3. The molecule has 0 radical (unpaired) electrons. The van der Waals surface area contributed by atoms with E-state index in [1.165, 1.54) is 0 Å². The van der Waals surface area contributed by atoms with Crippen LogP contribution in [0.4, 0.5) is 0 Å². The second-order valence-corrected chi connectivity index (χ2v) is 6.88. The summed E-state index contributed by atoms with van der Waals surface area (Å²) in [5, 5.41) is 9.03. The number of rotatable bonds is 4. The third-order valence-electron chi connectivity index (χ3n) is 5.28. The summed E-state index contributed by atoms with van der Waals surface area (Å²) in [4.78, 5) is 30.8. The van der Waals surface area contributed by atoms with Gasteiger partial charge < -0.3 is 14.7 Å². The molecule has 22 heavy (non-hydrogen) atoms. The van der Waals surface area contributed by atoms with E-state index < -0.39 is 0 Å². The van der Waals surface area contributed by atoms with E-state index in [2.05, 4.69) is 11.0 Å². The Kier molecular flexibility index (Phi) is 4.34. The minimum atomic E-state index is -0.257. The van der Waals surface area contributed by atoms with Crippen LogP contribution in [0, 0.1) is 17.2 Å². The second-order valence-electron chi connectivity index (χ2n) is 6.88. The molecule has 3 rings (SSSR count). The summed E-state index contributed by atoms with van der Waals surface area (Å²) in [7, 11) is 2.04. The first-order valence-electron chi connectivity index (χ1n) is 8.25. The van der Waals surface area contributed by atoms with Gasteiger partial charge in [-0.1, -0.05) is 12.8 Å². The Morgan fingerprint density at radius 3 is 2.59 bits per heavy atom. The number of likely N-dealkylation sites (tertiary alicyclic amines) is 2. The zero-order valence-corrected chi connectivity index (χ0v) is 13.2. The number of carbonyl (C=O) groups is 2. The van der Waals surface area contributed by atoms with Crippen molar-refractivity contribution in [1.82, 2.24) is 14.7 Å². The molecule has 1 aliphatic carbocycles. The van der Waals surface area contributed by atoms with E-state index in [4.69, 9.17) is 5.26 Å². The van der Waals surface area contributed by atoms with Crippen LogP contribution in [0.25, 0.3) is 0 Å². The topological polar surface area (TPSA) is 67.7 Å². The molecule has 120 valence electrons. The van der Waals surface area contributed by atoms with Crippen LogP contribution >= 0.6 is 0 Å². The van der Waals surface area contributed by atoms with Gasteiger partial charge in [-0.25, -0.2) is 0 Å². The van der Waals surface area contributed by atoms with Gasteiger partial charge in [-0.2, -0.15) is 5.26 Å². The molecule has 2 aliphatic heterocycles. The Morgan fingerprint density at radius 1 is 1.32 bits per heavy atom. The van der Waals surface area contributed by atoms with E-state index >= 15 is 0 Å². The maximum absolute atomic E-state index is 12.8. The Hall–Kier alpha value is -1.61. The molecular weight excluding hydrogens is 280 g/mol. The van der Waals surface area contributed by atoms with Gasteiger partial charge in [0.25, 0.3) is 0 Å². The first-order chi connectivity index (χ1) is 10.6. The van der Waals surface area contributed by atoms with Crippen molar-refractivity contribution in [1.29, 1.82) is 5.26 Å². The number of nitrogens with zero attached hydrogens (tertiary/aromatic N) is 4. The fraction of sp³-hybridized carbons (Fsp3) is 0.812. The van der Waals surface area contributed by atoms with Crippen molar-refractivity contribution < 1.29 is 9.59 Å². The minimum absolute atomic E-state index is 0.0111. The highest BCUT2D eigenvalue weighted by Crippen LogP contribution is 2.29. The van der Waals surface area contributed by atoms with Gasteiger partial charge in [-0.3, -0.25) is 9.59 Å². The predicted molar refractivity (Wildman–Crippen MR) is 80.7 cm³/mol. The smallest absolute Gasteiger partial charge is 0.229 e. The maximum atomic E-state index is 12.8. The molecule has 6 heteroatoms. The average Bonchev–Trinajstić information content (AvgIpc) is 3.10. The summed E-state index contributed by atoms with van der Waals surface area (Å²) in [6.07, 6.45) is 4.55. The van der Waals surface area contributed by atoms with Gasteiger partial charge in [0.15, 0.2) is 0 Å². The van der Waals surface area contributed by atoms with E-state index in [-0.39, 0.29) is 36.4 Å². The zero-order valence-electron chi connectivity index (χ0n) is 13.2. The number of nitriles is 1. The minimum Gasteiger partial charge on any atom is -0.336 e. The Bertz CT molecular complexity index is 489. The van der Waals surface area contributed by atoms with Crippen LogP contribution in [0.2, 0.25) is 0 Å². The van der Waals surface area contributed by atoms with E-state index in [1.54, 1.807) is 4.90 Å². The first-order valence-corrected chi connectivity index (χ1v) is 8.25. The van der Waals surface area contributed by atoms with E-state index in [0.29, 0.717) is 13.0 Å². The van der Waals surface area contributed by atoms with Gasteiger partial charge in [0.1, 0.15) is 6.54 Å². The number of carbonyl (C=O) groups excluding carboxylic acids is 2. The Morgan fingerprint density at radius 2 is 2.00 bits per heavy atom. The predicted octanol–water partition coefficient (Wildman–Crippen LogP) is 0.444. The lowest BCUT2D eigenvalue weighted by molar-refractivity contribution is -0.137. The molecular formula is C16H24N4O2. The quantitative estimate of drug-likeness (QED) is 0.707. The molecule has 1 atom stereocenters. The summed E-state index contributed by atoms with van der Waals surface area (Å²) in [6, 6.07) is 2.59. The largest absolute Gasteiger partial charge is 0.336 e. The lowest BCUT2D eigenvalue weighted by atomic mass is 10.0. The molecule has 6 nitrogen and oxygen atoms in total. The average molecular weight is 304 g/mol. The molecule has 3 fully saturated rings. The highest BCUT2D eigenvalue weighted by atomic mass is 16.2. The maximum Gasteiger partial charge on any atom is 0.229 e. The normalized spacial score (nSPS) is 27.0. The second kappa shape index (κ2) is 6.25. The molecule has 2 amide bonds. The number of hydrogen-bond acceptors (Lipinski definition) is 4. The summed E-state index contributed by atoms with van der Waals surface area (Å²) < 4.78 is 0. The van der Waals surface area contributed by atoms with Crippen LogP contribution in [0.1, 0.15) is 32.1 Å². The SMILES string of the molecule is CN1CC(N2CC(C(=O)N(CC#N)C3CCCC3)CC2=O)C1. The fourth-order valence-corrected chi connectivity index (χ4v) is 4.03. The van der Waals surface area contributed by atoms with Gasteiger partial charge in [-0.05, 0) is 19.9 Å². The van der Waals surface area contributed by atoms with Crippen LogP contribution in [0.3, 0.4) is 0 Å². The summed E-state index contributed by atoms with van der Waals surface area (Å²) in [6.45, 7) is 2.49. The van der Waals surface area contributed by atoms with Gasteiger partial charge >= 0.3 is 0 Å². The van der Waals surface area contributed by atoms with Crippen molar-refractivity contribution >= 4 is 11.8 Å². The molecule has 1 unspecified atom stereocenters. The number of likely N-dealkylation sites (N-methyl/N-ethyl adjacent to an activating group) is 1. The lowest BCUT2D eigenvalue weighted by Gasteiger charge is -2.42. The van der Waals surface area contributed by atoms with Crippen molar-refractivity contribution in [3.63, 3.8) is 0 Å². The van der Waals surface area contributed by atoms with Gasteiger partial charge in [0.2, 0.25) is 11.8 Å². The highest BCUT2D eigenvalue weighted by molar-refractivity contribution is 5.89. The number of amides is 2. The van der Waals surface area contributed by atoms with Gasteiger partial charge in [-0.15, -0.1) is 0 Å². The fourth-order valence-electron chi connectivity index (χ4n) is 4.03. The number of hydrogen-bond donors (Lipinski definition) is 0. The van der Waals surface area contributed by atoms with E-state index in [0.717, 1.165) is 38.8 Å². The molecule has 2 saturated heterocycles. The summed E-state index contributed by atoms with van der Waals surface area (Å²) in [5.74, 6) is -0.149. The third-order valence-corrected chi connectivity index (χ3v) is 5.28. The van der Waals surface area contributed by atoms with Crippen molar-refractivity contribution in [2.45, 2.75) is 44.2 Å². The van der Waals surface area contributed by atoms with Gasteiger partial charge in [0, 0.05) is 32.1 Å². The molecule has 0 N–H and O–H groups in total. The lowest BCUT2D eigenvalue weighted by Crippen LogP contribution is -2.58. The molecule has 0 spiro atoms. The molecule has 3 aliphatic rings. The Labute approximate surface area is 131 Å². The van der Waals surface area contributed by atoms with Crippen LogP contribution in [-0.4, -0.2) is 71.8 Å². The van der Waals surface area contributed by atoms with Crippen molar-refractivity contribution in [2.24, 2.45) is 5.92 Å². The Balaban J connectivity index is 1.63. The van der Waals surface area contributed by atoms with E-state index in [9.17, 15) is 9.59 Å². The van der Waals surface area contributed by atoms with Crippen LogP contribution in [0.5, 0.6) is 0 Å². The third kappa shape index (κ3) is 2.82. The van der Waals surface area contributed by atoms with Crippen LogP contribution < -0.4 is 0 Å². The molecule has 0 aromatic rings. The molecule has 0 aromatic carbocycles. The summed E-state index contributed by atoms with van der Waals surface area (Å²) in [5.41, 5.74) is 0. The van der Waals surface area contributed by atoms with Gasteiger partial charge in [0.05, 0.1) is 18.0 Å². The van der Waals surface area contributed by atoms with Crippen molar-refractivity contribution in [2.75, 3.05) is 33.2 Å². The van der Waals surface area contributed by atoms with Crippen molar-refractivity contribution in [3.05, 3.63) is 0 Å². The van der Waals surface area contributed by atoms with Crippen molar-refractivity contribution in [3.8, 4) is 6.07 Å². The van der Waals surface area contributed by atoms with E-state index in [1.807, 2.05) is 11.9 Å². The molecule has 2 heterocycles. The van der Waals surface area contributed by atoms with Crippen LogP contribution in [0.15, 0.2) is 0 Å². The first kappa shape index (κ1) is 15.3.